The topological polar surface area (TPSA) is 32.8 Å². The van der Waals surface area contributed by atoms with E-state index in [9.17, 15) is 4.79 Å². The molecule has 1 aliphatic heterocycles. The third-order valence-corrected chi connectivity index (χ3v) is 4.42. The van der Waals surface area contributed by atoms with Crippen molar-refractivity contribution in [3.05, 3.63) is 0 Å². The SMILES string of the molecule is COCCN1CCN(C(=O)C2(C)CC2C)CC1. The van der Waals surface area contributed by atoms with E-state index < -0.39 is 0 Å². The van der Waals surface area contributed by atoms with Crippen molar-refractivity contribution in [2.24, 2.45) is 11.3 Å². The van der Waals surface area contributed by atoms with Crippen molar-refractivity contribution >= 4 is 5.91 Å². The number of methoxy groups -OCH3 is 1. The highest BCUT2D eigenvalue weighted by Crippen LogP contribution is 2.52. The fourth-order valence-electron chi connectivity index (χ4n) is 2.63. The smallest absolute Gasteiger partial charge is 0.228 e. The Morgan fingerprint density at radius 2 is 1.94 bits per heavy atom. The molecule has 2 unspecified atom stereocenters. The number of carbonyl (C=O) groups excluding carboxylic acids is 1. The van der Waals surface area contributed by atoms with Crippen molar-refractivity contribution < 1.29 is 9.53 Å². The lowest BCUT2D eigenvalue weighted by molar-refractivity contribution is -0.138. The second-order valence-corrected chi connectivity index (χ2v) is 5.65. The molecular weight excluding hydrogens is 216 g/mol. The zero-order valence-corrected chi connectivity index (χ0v) is 11.2. The minimum Gasteiger partial charge on any atom is -0.383 e. The number of piperazine rings is 1. The molecule has 17 heavy (non-hydrogen) atoms. The number of amides is 1. The predicted octanol–water partition coefficient (Wildman–Crippen LogP) is 0.823. The molecule has 1 saturated heterocycles. The summed E-state index contributed by atoms with van der Waals surface area (Å²) in [5.74, 6) is 0.943. The van der Waals surface area contributed by atoms with Crippen LogP contribution in [0.1, 0.15) is 20.3 Å². The monoisotopic (exact) mass is 240 g/mol. The van der Waals surface area contributed by atoms with Crippen LogP contribution in [0.2, 0.25) is 0 Å². The summed E-state index contributed by atoms with van der Waals surface area (Å²) in [4.78, 5) is 16.7. The van der Waals surface area contributed by atoms with Gasteiger partial charge in [0.1, 0.15) is 0 Å². The van der Waals surface area contributed by atoms with Gasteiger partial charge < -0.3 is 9.64 Å². The second-order valence-electron chi connectivity index (χ2n) is 5.65. The van der Waals surface area contributed by atoms with Crippen LogP contribution in [0.3, 0.4) is 0 Å². The molecule has 1 heterocycles. The van der Waals surface area contributed by atoms with Gasteiger partial charge >= 0.3 is 0 Å². The van der Waals surface area contributed by atoms with Gasteiger partial charge in [0, 0.05) is 45.2 Å². The van der Waals surface area contributed by atoms with E-state index in [1.165, 1.54) is 0 Å². The first-order valence-electron chi connectivity index (χ1n) is 6.58. The molecule has 0 aromatic heterocycles. The first-order chi connectivity index (χ1) is 8.08. The van der Waals surface area contributed by atoms with Crippen LogP contribution in [0.4, 0.5) is 0 Å². The maximum absolute atomic E-state index is 12.3. The van der Waals surface area contributed by atoms with Crippen LogP contribution in [0.25, 0.3) is 0 Å². The maximum atomic E-state index is 12.3. The maximum Gasteiger partial charge on any atom is 0.228 e. The number of rotatable bonds is 4. The van der Waals surface area contributed by atoms with E-state index in [0.29, 0.717) is 11.8 Å². The first-order valence-corrected chi connectivity index (χ1v) is 6.58. The van der Waals surface area contributed by atoms with E-state index in [1.54, 1.807) is 7.11 Å². The largest absolute Gasteiger partial charge is 0.383 e. The summed E-state index contributed by atoms with van der Waals surface area (Å²) in [5, 5.41) is 0. The molecule has 1 aliphatic carbocycles. The molecule has 0 N–H and O–H groups in total. The van der Waals surface area contributed by atoms with Crippen molar-refractivity contribution in [3.8, 4) is 0 Å². The van der Waals surface area contributed by atoms with Crippen LogP contribution in [-0.4, -0.2) is 62.1 Å². The Kier molecular flexibility index (Phi) is 3.73. The van der Waals surface area contributed by atoms with Gasteiger partial charge in [-0.3, -0.25) is 9.69 Å². The Morgan fingerprint density at radius 1 is 1.35 bits per heavy atom. The minimum absolute atomic E-state index is 0.0469. The fourth-order valence-corrected chi connectivity index (χ4v) is 2.63. The molecule has 1 amide bonds. The van der Waals surface area contributed by atoms with Crippen molar-refractivity contribution in [2.75, 3.05) is 46.4 Å². The van der Waals surface area contributed by atoms with Gasteiger partial charge in [-0.2, -0.15) is 0 Å². The van der Waals surface area contributed by atoms with Gasteiger partial charge in [0.2, 0.25) is 5.91 Å². The molecule has 0 bridgehead atoms. The van der Waals surface area contributed by atoms with Crippen molar-refractivity contribution in [2.45, 2.75) is 20.3 Å². The van der Waals surface area contributed by atoms with Gasteiger partial charge in [-0.05, 0) is 12.3 Å². The van der Waals surface area contributed by atoms with E-state index in [2.05, 4.69) is 18.7 Å². The Hall–Kier alpha value is -0.610. The summed E-state index contributed by atoms with van der Waals surface area (Å²) in [6.45, 7) is 9.77. The first kappa shape index (κ1) is 12.8. The van der Waals surface area contributed by atoms with Crippen LogP contribution >= 0.6 is 0 Å². The predicted molar refractivity (Wildman–Crippen MR) is 66.8 cm³/mol. The number of ether oxygens (including phenoxy) is 1. The molecule has 0 aromatic rings. The van der Waals surface area contributed by atoms with Crippen molar-refractivity contribution in [3.63, 3.8) is 0 Å². The summed E-state index contributed by atoms with van der Waals surface area (Å²) in [7, 11) is 1.73. The van der Waals surface area contributed by atoms with Crippen LogP contribution < -0.4 is 0 Å². The molecule has 2 fully saturated rings. The number of nitrogens with zero attached hydrogens (tertiary/aromatic N) is 2. The molecule has 2 aliphatic rings. The molecule has 2 rings (SSSR count). The summed E-state index contributed by atoms with van der Waals surface area (Å²) in [6, 6.07) is 0. The normalized spacial score (nSPS) is 33.8. The van der Waals surface area contributed by atoms with E-state index in [4.69, 9.17) is 4.74 Å². The van der Waals surface area contributed by atoms with Crippen molar-refractivity contribution in [1.82, 2.24) is 9.80 Å². The van der Waals surface area contributed by atoms with Gasteiger partial charge in [-0.15, -0.1) is 0 Å². The Bertz CT molecular complexity index is 287. The highest BCUT2D eigenvalue weighted by atomic mass is 16.5. The van der Waals surface area contributed by atoms with E-state index in [-0.39, 0.29) is 5.41 Å². The van der Waals surface area contributed by atoms with Crippen LogP contribution in [0, 0.1) is 11.3 Å². The minimum atomic E-state index is -0.0469. The highest BCUT2D eigenvalue weighted by molar-refractivity contribution is 5.85. The molecule has 98 valence electrons. The van der Waals surface area contributed by atoms with Gasteiger partial charge in [-0.25, -0.2) is 0 Å². The van der Waals surface area contributed by atoms with Crippen molar-refractivity contribution in [1.29, 1.82) is 0 Å². The molecule has 2 atom stereocenters. The van der Waals surface area contributed by atoms with Gasteiger partial charge in [0.15, 0.2) is 0 Å². The summed E-state index contributed by atoms with van der Waals surface area (Å²) >= 11 is 0. The van der Waals surface area contributed by atoms with E-state index in [0.717, 1.165) is 45.8 Å². The standard InChI is InChI=1S/C13H24N2O2/c1-11-10-13(11,2)12(16)15-6-4-14(5-7-15)8-9-17-3/h11H,4-10H2,1-3H3. The van der Waals surface area contributed by atoms with Crippen LogP contribution in [0.15, 0.2) is 0 Å². The van der Waals surface area contributed by atoms with Crippen LogP contribution in [-0.2, 0) is 9.53 Å². The Morgan fingerprint density at radius 3 is 2.41 bits per heavy atom. The zero-order valence-electron chi connectivity index (χ0n) is 11.2. The van der Waals surface area contributed by atoms with Gasteiger partial charge in [-0.1, -0.05) is 13.8 Å². The molecular formula is C13H24N2O2. The zero-order chi connectivity index (χ0) is 12.5. The molecule has 0 aromatic carbocycles. The van der Waals surface area contributed by atoms with Gasteiger partial charge in [0.25, 0.3) is 0 Å². The summed E-state index contributed by atoms with van der Waals surface area (Å²) in [6.07, 6.45) is 1.07. The highest BCUT2D eigenvalue weighted by Gasteiger charge is 2.54. The average molecular weight is 240 g/mol. The van der Waals surface area contributed by atoms with Gasteiger partial charge in [0.05, 0.1) is 6.61 Å². The lowest BCUT2D eigenvalue weighted by atomic mass is 10.0. The summed E-state index contributed by atoms with van der Waals surface area (Å²) in [5.41, 5.74) is -0.0469. The van der Waals surface area contributed by atoms with E-state index >= 15 is 0 Å². The number of hydrogen-bond donors (Lipinski definition) is 0. The van der Waals surface area contributed by atoms with E-state index in [1.807, 2.05) is 4.90 Å². The Balaban J connectivity index is 1.77. The molecule has 1 saturated carbocycles. The molecule has 4 nitrogen and oxygen atoms in total. The third kappa shape index (κ3) is 2.63. The average Bonchev–Trinajstić information content (AvgIpc) is 2.96. The molecule has 4 heteroatoms. The fraction of sp³-hybridized carbons (Fsp3) is 0.923. The number of carbonyl (C=O) groups is 1. The lowest BCUT2D eigenvalue weighted by Crippen LogP contribution is -2.51. The third-order valence-electron chi connectivity index (χ3n) is 4.42. The number of hydrogen-bond acceptors (Lipinski definition) is 3. The Labute approximate surface area is 104 Å². The quantitative estimate of drug-likeness (QED) is 0.729. The van der Waals surface area contributed by atoms with Crippen LogP contribution in [0.5, 0.6) is 0 Å². The summed E-state index contributed by atoms with van der Waals surface area (Å²) < 4.78 is 5.07. The molecule has 0 spiro atoms. The second kappa shape index (κ2) is 4.94. The molecule has 0 radical (unpaired) electrons. The lowest BCUT2D eigenvalue weighted by Gasteiger charge is -2.36.